The molecule has 0 N–H and O–H groups in total. The van der Waals surface area contributed by atoms with Crippen LogP contribution in [0, 0.1) is 6.92 Å². The van der Waals surface area contributed by atoms with Crippen LogP contribution in [0.25, 0.3) is 0 Å². The van der Waals surface area contributed by atoms with E-state index in [1.807, 2.05) is 0 Å². The molecule has 2 unspecified atom stereocenters. The van der Waals surface area contributed by atoms with Gasteiger partial charge in [-0.15, -0.1) is 11.8 Å². The van der Waals surface area contributed by atoms with E-state index in [4.69, 9.17) is 0 Å². The van der Waals surface area contributed by atoms with Crippen LogP contribution in [0.1, 0.15) is 33.6 Å². The van der Waals surface area contributed by atoms with E-state index < -0.39 is 0 Å². The van der Waals surface area contributed by atoms with Crippen molar-refractivity contribution in [1.82, 2.24) is 0 Å². The van der Waals surface area contributed by atoms with Crippen molar-refractivity contribution in [3.63, 3.8) is 0 Å². The van der Waals surface area contributed by atoms with Gasteiger partial charge in [0, 0.05) is 10.5 Å². The van der Waals surface area contributed by atoms with E-state index in [2.05, 4.69) is 73.3 Å². The minimum Gasteiger partial charge on any atom is -0.145 e. The topological polar surface area (TPSA) is 0 Å². The lowest BCUT2D eigenvalue weighted by Gasteiger charge is -2.35. The van der Waals surface area contributed by atoms with Crippen molar-refractivity contribution in [1.29, 1.82) is 0 Å². The Balaban J connectivity index is 1.67. The van der Waals surface area contributed by atoms with E-state index in [0.29, 0.717) is 10.5 Å². The van der Waals surface area contributed by atoms with E-state index in [1.165, 1.54) is 23.1 Å². The highest BCUT2D eigenvalue weighted by Crippen LogP contribution is 2.57. The number of aryl methyl sites for hydroxylation is 1. The van der Waals surface area contributed by atoms with Crippen molar-refractivity contribution < 1.29 is 0 Å². The molecule has 86 valence electrons. The molecule has 1 saturated heterocycles. The fourth-order valence-electron chi connectivity index (χ4n) is 2.26. The molecule has 1 heterocycles. The average Bonchev–Trinajstić information content (AvgIpc) is 2.31. The Kier molecular flexibility index (Phi) is 2.94. The Labute approximate surface area is 107 Å². The van der Waals surface area contributed by atoms with Gasteiger partial charge in [-0.05, 0) is 24.5 Å². The molecule has 2 atom stereocenters. The van der Waals surface area contributed by atoms with Crippen LogP contribution in [0.5, 0.6) is 0 Å². The molecule has 1 fully saturated rings. The van der Waals surface area contributed by atoms with E-state index in [9.17, 15) is 0 Å². The fraction of sp³-hybridized carbons (Fsp3) is 0.250. The van der Waals surface area contributed by atoms with Crippen LogP contribution in [-0.2, 0) is 0 Å². The van der Waals surface area contributed by atoms with Crippen LogP contribution in [0.2, 0.25) is 0 Å². The Morgan fingerprint density at radius 1 is 0.824 bits per heavy atom. The Morgan fingerprint density at radius 3 is 1.94 bits per heavy atom. The van der Waals surface area contributed by atoms with E-state index in [-0.39, 0.29) is 0 Å². The monoisotopic (exact) mass is 240 g/mol. The van der Waals surface area contributed by atoms with Gasteiger partial charge in [-0.1, -0.05) is 60.2 Å². The number of hydrogen-bond donors (Lipinski definition) is 0. The van der Waals surface area contributed by atoms with Crippen molar-refractivity contribution in [3.05, 3.63) is 71.3 Å². The van der Waals surface area contributed by atoms with Crippen LogP contribution in [-0.4, -0.2) is 0 Å². The van der Waals surface area contributed by atoms with Crippen LogP contribution in [0.15, 0.2) is 54.6 Å². The second-order valence-corrected chi connectivity index (χ2v) is 6.08. The molecule has 0 aromatic heterocycles. The first-order valence-corrected chi connectivity index (χ1v) is 7.04. The lowest BCUT2D eigenvalue weighted by Crippen LogP contribution is -2.13. The maximum atomic E-state index is 2.27. The standard InChI is InChI=1S/C16H16S/c1-12-7-9-14(10-8-12)16-11-15(17-16)13-5-3-2-4-6-13/h2-10,15-16H,11H2,1H3. The third-order valence-electron chi connectivity index (χ3n) is 3.38. The predicted octanol–water partition coefficient (Wildman–Crippen LogP) is 4.91. The normalized spacial score (nSPS) is 23.1. The van der Waals surface area contributed by atoms with Gasteiger partial charge < -0.3 is 0 Å². The Hall–Kier alpha value is -1.21. The number of thioether (sulfide) groups is 1. The maximum Gasteiger partial charge on any atom is 0.0317 e. The van der Waals surface area contributed by atoms with Gasteiger partial charge in [-0.3, -0.25) is 0 Å². The number of hydrogen-bond acceptors (Lipinski definition) is 1. The molecule has 2 aromatic carbocycles. The molecule has 17 heavy (non-hydrogen) atoms. The van der Waals surface area contributed by atoms with E-state index >= 15 is 0 Å². The summed E-state index contributed by atoms with van der Waals surface area (Å²) >= 11 is 2.09. The molecule has 1 aliphatic rings. The van der Waals surface area contributed by atoms with Gasteiger partial charge in [0.2, 0.25) is 0 Å². The number of rotatable bonds is 2. The Bertz CT molecular complexity index is 481. The molecular formula is C16H16S. The van der Waals surface area contributed by atoms with Crippen molar-refractivity contribution in [2.75, 3.05) is 0 Å². The fourth-order valence-corrected chi connectivity index (χ4v) is 3.53. The first-order valence-electron chi connectivity index (χ1n) is 6.10. The smallest absolute Gasteiger partial charge is 0.0317 e. The van der Waals surface area contributed by atoms with Gasteiger partial charge in [0.1, 0.15) is 0 Å². The van der Waals surface area contributed by atoms with E-state index in [1.54, 1.807) is 0 Å². The predicted molar refractivity (Wildman–Crippen MR) is 75.3 cm³/mol. The highest BCUT2D eigenvalue weighted by molar-refractivity contribution is 8.01. The molecule has 0 bridgehead atoms. The summed E-state index contributed by atoms with van der Waals surface area (Å²) in [5.74, 6) is 0. The summed E-state index contributed by atoms with van der Waals surface area (Å²) in [7, 11) is 0. The summed E-state index contributed by atoms with van der Waals surface area (Å²) in [6.07, 6.45) is 1.28. The molecule has 0 spiro atoms. The summed E-state index contributed by atoms with van der Waals surface area (Å²) in [5.41, 5.74) is 4.30. The molecule has 3 rings (SSSR count). The third-order valence-corrected chi connectivity index (χ3v) is 4.96. The van der Waals surface area contributed by atoms with Gasteiger partial charge in [0.25, 0.3) is 0 Å². The minimum absolute atomic E-state index is 0.695. The summed E-state index contributed by atoms with van der Waals surface area (Å²) < 4.78 is 0. The van der Waals surface area contributed by atoms with Gasteiger partial charge in [-0.2, -0.15) is 0 Å². The molecule has 0 amide bonds. The first-order chi connectivity index (χ1) is 8.33. The highest BCUT2D eigenvalue weighted by atomic mass is 32.2. The molecule has 0 radical (unpaired) electrons. The molecule has 0 aliphatic carbocycles. The zero-order valence-electron chi connectivity index (χ0n) is 9.97. The SMILES string of the molecule is Cc1ccc(C2CC(c3ccccc3)S2)cc1. The summed E-state index contributed by atoms with van der Waals surface area (Å²) in [5, 5.41) is 1.39. The van der Waals surface area contributed by atoms with Crippen LogP contribution in [0.4, 0.5) is 0 Å². The van der Waals surface area contributed by atoms with Gasteiger partial charge in [0.15, 0.2) is 0 Å². The molecule has 0 nitrogen and oxygen atoms in total. The quantitative estimate of drug-likeness (QED) is 0.718. The second-order valence-electron chi connectivity index (χ2n) is 4.67. The molecule has 2 aromatic rings. The van der Waals surface area contributed by atoms with Gasteiger partial charge in [-0.25, -0.2) is 0 Å². The minimum atomic E-state index is 0.695. The van der Waals surface area contributed by atoms with Crippen LogP contribution < -0.4 is 0 Å². The molecule has 1 heteroatoms. The number of benzene rings is 2. The molecule has 1 aliphatic heterocycles. The second kappa shape index (κ2) is 4.58. The lowest BCUT2D eigenvalue weighted by atomic mass is 10.0. The zero-order valence-corrected chi connectivity index (χ0v) is 10.8. The van der Waals surface area contributed by atoms with E-state index in [0.717, 1.165) is 0 Å². The summed E-state index contributed by atoms with van der Waals surface area (Å²) in [4.78, 5) is 0. The van der Waals surface area contributed by atoms with Crippen LogP contribution >= 0.6 is 11.8 Å². The summed E-state index contributed by atoms with van der Waals surface area (Å²) in [6, 6.07) is 19.8. The average molecular weight is 240 g/mol. The first kappa shape index (κ1) is 10.9. The van der Waals surface area contributed by atoms with Crippen molar-refractivity contribution in [2.45, 2.75) is 23.8 Å². The molecular weight excluding hydrogens is 224 g/mol. The third kappa shape index (κ3) is 2.25. The van der Waals surface area contributed by atoms with Crippen LogP contribution in [0.3, 0.4) is 0 Å². The Morgan fingerprint density at radius 2 is 1.35 bits per heavy atom. The summed E-state index contributed by atoms with van der Waals surface area (Å²) in [6.45, 7) is 2.14. The zero-order chi connectivity index (χ0) is 11.7. The van der Waals surface area contributed by atoms with Crippen molar-refractivity contribution >= 4 is 11.8 Å². The largest absolute Gasteiger partial charge is 0.145 e. The molecule has 0 saturated carbocycles. The van der Waals surface area contributed by atoms with Gasteiger partial charge >= 0.3 is 0 Å². The highest BCUT2D eigenvalue weighted by Gasteiger charge is 2.31. The lowest BCUT2D eigenvalue weighted by molar-refractivity contribution is 0.720. The maximum absolute atomic E-state index is 2.27. The van der Waals surface area contributed by atoms with Gasteiger partial charge in [0.05, 0.1) is 0 Å². The van der Waals surface area contributed by atoms with Crippen molar-refractivity contribution in [3.8, 4) is 0 Å². The van der Waals surface area contributed by atoms with Crippen molar-refractivity contribution in [2.24, 2.45) is 0 Å².